The van der Waals surface area contributed by atoms with E-state index in [0.29, 0.717) is 36.8 Å². The van der Waals surface area contributed by atoms with E-state index in [1.165, 1.54) is 28.7 Å². The highest BCUT2D eigenvalue weighted by atomic mass is 32.7. The van der Waals surface area contributed by atoms with Crippen LogP contribution in [0.15, 0.2) is 90.8 Å². The Kier molecular flexibility index (Phi) is 11.9. The second kappa shape index (κ2) is 14.9. The Balaban J connectivity index is 1.90. The summed E-state index contributed by atoms with van der Waals surface area (Å²) in [5.74, 6) is 3.41. The zero-order chi connectivity index (χ0) is 29.9. The van der Waals surface area contributed by atoms with Crippen LogP contribution in [0, 0.1) is 0 Å². The van der Waals surface area contributed by atoms with E-state index in [9.17, 15) is 9.36 Å². The van der Waals surface area contributed by atoms with Gasteiger partial charge in [0.25, 0.3) is 6.57 Å². The first-order valence-corrected chi connectivity index (χ1v) is 19.0. The predicted octanol–water partition coefficient (Wildman–Crippen LogP) is 6.79. The molecule has 3 aromatic carbocycles. The van der Waals surface area contributed by atoms with E-state index >= 15 is 0 Å². The van der Waals surface area contributed by atoms with Crippen LogP contribution >= 0.6 is 18.0 Å². The zero-order valence-corrected chi connectivity index (χ0v) is 27.6. The highest BCUT2D eigenvalue weighted by Gasteiger charge is 2.52. The fourth-order valence-corrected chi connectivity index (χ4v) is 12.7. The van der Waals surface area contributed by atoms with Gasteiger partial charge in [0.2, 0.25) is 5.91 Å². The highest BCUT2D eigenvalue weighted by Crippen LogP contribution is 2.60. The van der Waals surface area contributed by atoms with E-state index in [0.717, 1.165) is 5.56 Å². The van der Waals surface area contributed by atoms with E-state index in [4.69, 9.17) is 13.7 Å². The van der Waals surface area contributed by atoms with Crippen molar-refractivity contribution in [1.82, 2.24) is 5.32 Å². The molecule has 1 unspecified atom stereocenters. The van der Waals surface area contributed by atoms with Crippen molar-refractivity contribution < 1.29 is 23.0 Å². The van der Waals surface area contributed by atoms with E-state index in [1.54, 1.807) is 12.9 Å². The average Bonchev–Trinajstić information content (AvgIpc) is 2.95. The lowest BCUT2D eigenvalue weighted by Crippen LogP contribution is -2.68. The Hall–Kier alpha value is -2.77. The first-order chi connectivity index (χ1) is 19.5. The molecule has 0 aliphatic rings. The fraction of sp³-hybridized carbons (Fsp3) is 0.344. The van der Waals surface area contributed by atoms with Gasteiger partial charge >= 0.3 is 8.32 Å². The van der Waals surface area contributed by atoms with Crippen molar-refractivity contribution in [3.05, 3.63) is 96.3 Å². The summed E-state index contributed by atoms with van der Waals surface area (Å²) in [6.45, 7) is 7.78. The van der Waals surface area contributed by atoms with Crippen LogP contribution in [0.1, 0.15) is 40.2 Å². The third kappa shape index (κ3) is 8.62. The van der Waals surface area contributed by atoms with Crippen molar-refractivity contribution in [1.29, 1.82) is 0 Å². The Morgan fingerprint density at radius 3 is 2.10 bits per heavy atom. The molecule has 1 N–H and O–H groups in total. The zero-order valence-electron chi connectivity index (χ0n) is 24.9. The Bertz CT molecular complexity index is 1310. The topological polar surface area (TPSA) is 73.9 Å². The number of methoxy groups -OCH3 is 1. The van der Waals surface area contributed by atoms with Crippen LogP contribution in [0.5, 0.6) is 11.5 Å². The maximum Gasteiger partial charge on any atom is 0.320 e. The average molecular weight is 612 g/mol. The standard InChI is InChI=1S/C32H42NO5PSSi/c1-7-37-39(35,40-24-22-33-26(2)34)23-14-15-27-20-21-30(31(25-27)36-6)38-41(32(3,4)5,28-16-10-8-11-17-28)29-18-12-9-13-19-29/h8-14,16-21,23,25H,7,15,22,24H2,1-6H3,(H,33,34)/b23-14+. The van der Waals surface area contributed by atoms with Gasteiger partial charge in [-0.1, -0.05) is 105 Å². The van der Waals surface area contributed by atoms with Crippen LogP contribution in [-0.2, 0) is 20.3 Å². The molecule has 0 fully saturated rings. The molecule has 1 amide bonds. The number of hydrogen-bond acceptors (Lipinski definition) is 6. The molecule has 0 radical (unpaired) electrons. The lowest BCUT2D eigenvalue weighted by atomic mass is 10.1. The summed E-state index contributed by atoms with van der Waals surface area (Å²) < 4.78 is 31.9. The molecule has 1 atom stereocenters. The smallest absolute Gasteiger partial charge is 0.320 e. The van der Waals surface area contributed by atoms with Crippen molar-refractivity contribution >= 4 is 42.6 Å². The van der Waals surface area contributed by atoms with Crippen molar-refractivity contribution in [2.24, 2.45) is 0 Å². The second-order valence-corrected chi connectivity index (χ2v) is 19.4. The van der Waals surface area contributed by atoms with E-state index in [2.05, 4.69) is 74.6 Å². The number of ether oxygens (including phenoxy) is 1. The maximum absolute atomic E-state index is 13.2. The number of carbonyl (C=O) groups excluding carboxylic acids is 1. The summed E-state index contributed by atoms with van der Waals surface area (Å²) in [6, 6.07) is 27.0. The Morgan fingerprint density at radius 2 is 1.59 bits per heavy atom. The summed E-state index contributed by atoms with van der Waals surface area (Å²) >= 11 is 1.23. The van der Waals surface area contributed by atoms with Crippen LogP contribution < -0.4 is 24.9 Å². The summed E-state index contributed by atoms with van der Waals surface area (Å²) in [5, 5.41) is 4.92. The Labute approximate surface area is 250 Å². The summed E-state index contributed by atoms with van der Waals surface area (Å²) in [6.07, 6.45) is 2.43. The molecule has 3 aromatic rings. The number of amides is 1. The minimum Gasteiger partial charge on any atom is -0.531 e. The van der Waals surface area contributed by atoms with Gasteiger partial charge in [0.1, 0.15) is 5.75 Å². The largest absolute Gasteiger partial charge is 0.531 e. The lowest BCUT2D eigenvalue weighted by Gasteiger charge is -2.43. The first kappa shape index (κ1) is 32.7. The molecular weight excluding hydrogens is 569 g/mol. The van der Waals surface area contributed by atoms with Gasteiger partial charge in [-0.2, -0.15) is 0 Å². The third-order valence-electron chi connectivity index (χ3n) is 6.61. The van der Waals surface area contributed by atoms with Gasteiger partial charge in [0, 0.05) is 25.0 Å². The van der Waals surface area contributed by atoms with Gasteiger partial charge in [-0.3, -0.25) is 9.36 Å². The van der Waals surface area contributed by atoms with Crippen molar-refractivity contribution in [3.8, 4) is 11.5 Å². The molecule has 0 saturated carbocycles. The molecule has 0 spiro atoms. The van der Waals surface area contributed by atoms with Crippen LogP contribution in [0.3, 0.4) is 0 Å². The minimum atomic E-state index is -3.02. The summed E-state index contributed by atoms with van der Waals surface area (Å²) in [7, 11) is -1.16. The van der Waals surface area contributed by atoms with Crippen molar-refractivity contribution in [3.63, 3.8) is 0 Å². The van der Waals surface area contributed by atoms with Gasteiger partial charge in [0.15, 0.2) is 5.75 Å². The number of allylic oxidation sites excluding steroid dienone is 1. The van der Waals surface area contributed by atoms with Crippen LogP contribution in [0.25, 0.3) is 0 Å². The SMILES string of the molecule is CCOP(=O)(/C=C/Cc1ccc(O[Si](c2ccccc2)(c2ccccc2)C(C)(C)C)c(OC)c1)SCCNC(C)=O. The number of benzene rings is 3. The monoisotopic (exact) mass is 611 g/mol. The van der Waals surface area contributed by atoms with E-state index in [1.807, 2.05) is 43.3 Å². The molecule has 0 heterocycles. The molecule has 0 saturated heterocycles. The molecule has 220 valence electrons. The molecule has 0 aliphatic heterocycles. The highest BCUT2D eigenvalue weighted by molar-refractivity contribution is 8.57. The lowest BCUT2D eigenvalue weighted by molar-refractivity contribution is -0.118. The molecule has 9 heteroatoms. The minimum absolute atomic E-state index is 0.108. The number of rotatable bonds is 14. The van der Waals surface area contributed by atoms with Gasteiger partial charge in [-0.05, 0) is 46.5 Å². The van der Waals surface area contributed by atoms with Crippen LogP contribution in [-0.4, -0.2) is 40.2 Å². The van der Waals surface area contributed by atoms with E-state index < -0.39 is 14.9 Å². The normalized spacial score (nSPS) is 13.5. The maximum atomic E-state index is 13.2. The van der Waals surface area contributed by atoms with Crippen molar-refractivity contribution in [2.45, 2.75) is 46.1 Å². The first-order valence-electron chi connectivity index (χ1n) is 13.8. The quantitative estimate of drug-likeness (QED) is 0.123. The van der Waals surface area contributed by atoms with Gasteiger partial charge in [0.05, 0.1) is 13.7 Å². The van der Waals surface area contributed by atoms with Crippen molar-refractivity contribution in [2.75, 3.05) is 26.0 Å². The second-order valence-electron chi connectivity index (χ2n) is 10.6. The molecule has 41 heavy (non-hydrogen) atoms. The fourth-order valence-electron chi connectivity index (χ4n) is 4.76. The van der Waals surface area contributed by atoms with Gasteiger partial charge in [-0.25, -0.2) is 0 Å². The predicted molar refractivity (Wildman–Crippen MR) is 174 cm³/mol. The molecule has 0 aromatic heterocycles. The molecule has 3 rings (SSSR count). The van der Waals surface area contributed by atoms with E-state index in [-0.39, 0.29) is 10.9 Å². The third-order valence-corrected chi connectivity index (χ3v) is 15.8. The molecular formula is C32H42NO5PSSi. The van der Waals surface area contributed by atoms with Crippen LogP contribution in [0.4, 0.5) is 0 Å². The van der Waals surface area contributed by atoms with Gasteiger partial charge < -0.3 is 19.0 Å². The molecule has 0 bridgehead atoms. The molecule has 0 aliphatic carbocycles. The number of hydrogen-bond donors (Lipinski definition) is 1. The number of carbonyl (C=O) groups is 1. The molecule has 6 nitrogen and oxygen atoms in total. The summed E-state index contributed by atoms with van der Waals surface area (Å²) in [5.41, 5.74) is 0.999. The number of nitrogens with one attached hydrogen (secondary N) is 1. The van der Waals surface area contributed by atoms with Crippen LogP contribution in [0.2, 0.25) is 5.04 Å². The Morgan fingerprint density at radius 1 is 0.976 bits per heavy atom. The summed E-state index contributed by atoms with van der Waals surface area (Å²) in [4.78, 5) is 11.1. The van der Waals surface area contributed by atoms with Gasteiger partial charge in [-0.15, -0.1) is 0 Å².